The Morgan fingerprint density at radius 1 is 1.56 bits per heavy atom. The first-order valence-corrected chi connectivity index (χ1v) is 4.09. The average molecular weight is 228 g/mol. The second-order valence-electron chi connectivity index (χ2n) is 2.88. The van der Waals surface area contributed by atoms with Crippen molar-refractivity contribution >= 4 is 5.69 Å². The van der Waals surface area contributed by atoms with Crippen LogP contribution in [0.1, 0.15) is 11.1 Å². The van der Waals surface area contributed by atoms with Crippen molar-refractivity contribution in [1.29, 1.82) is 5.26 Å². The molecule has 0 aromatic heterocycles. The SMILES string of the molecule is Cc1cc(OC(F)F)c(C#N)cc1[N+](=O)[O-]. The van der Waals surface area contributed by atoms with E-state index in [1.54, 1.807) is 6.07 Å². The highest BCUT2D eigenvalue weighted by atomic mass is 19.3. The largest absolute Gasteiger partial charge is 0.433 e. The molecule has 84 valence electrons. The summed E-state index contributed by atoms with van der Waals surface area (Å²) in [4.78, 5) is 9.84. The number of halogens is 2. The van der Waals surface area contributed by atoms with Gasteiger partial charge in [0, 0.05) is 11.6 Å². The maximum Gasteiger partial charge on any atom is 0.387 e. The van der Waals surface area contributed by atoms with Crippen LogP contribution in [0, 0.1) is 28.4 Å². The molecule has 0 aliphatic rings. The molecule has 16 heavy (non-hydrogen) atoms. The van der Waals surface area contributed by atoms with Gasteiger partial charge in [0.25, 0.3) is 5.69 Å². The van der Waals surface area contributed by atoms with Crippen LogP contribution in [0.2, 0.25) is 0 Å². The molecule has 5 nitrogen and oxygen atoms in total. The van der Waals surface area contributed by atoms with Gasteiger partial charge in [0.15, 0.2) is 0 Å². The molecule has 0 atom stereocenters. The van der Waals surface area contributed by atoms with Crippen LogP contribution in [-0.2, 0) is 0 Å². The number of nitro benzene ring substituents is 1. The molecule has 0 saturated carbocycles. The Labute approximate surface area is 89.0 Å². The van der Waals surface area contributed by atoms with E-state index in [1.165, 1.54) is 6.92 Å². The summed E-state index contributed by atoms with van der Waals surface area (Å²) in [6, 6.07) is 3.51. The molecule has 0 heterocycles. The Morgan fingerprint density at radius 2 is 2.19 bits per heavy atom. The molecule has 0 aliphatic carbocycles. The smallest absolute Gasteiger partial charge is 0.387 e. The second kappa shape index (κ2) is 4.53. The second-order valence-corrected chi connectivity index (χ2v) is 2.88. The Kier molecular flexibility index (Phi) is 3.35. The number of hydrogen-bond acceptors (Lipinski definition) is 4. The average Bonchev–Trinajstić information content (AvgIpc) is 2.16. The van der Waals surface area contributed by atoms with Crippen molar-refractivity contribution < 1.29 is 18.4 Å². The highest BCUT2D eigenvalue weighted by Gasteiger charge is 2.18. The molecular weight excluding hydrogens is 222 g/mol. The lowest BCUT2D eigenvalue weighted by Crippen LogP contribution is -2.04. The van der Waals surface area contributed by atoms with Gasteiger partial charge >= 0.3 is 6.61 Å². The van der Waals surface area contributed by atoms with Gasteiger partial charge in [-0.2, -0.15) is 14.0 Å². The number of nitrogens with zero attached hydrogens (tertiary/aromatic N) is 2. The number of rotatable bonds is 3. The normalized spacial score (nSPS) is 9.94. The van der Waals surface area contributed by atoms with Crippen LogP contribution >= 0.6 is 0 Å². The molecule has 0 radical (unpaired) electrons. The fourth-order valence-electron chi connectivity index (χ4n) is 1.15. The van der Waals surface area contributed by atoms with Crippen molar-refractivity contribution in [3.05, 3.63) is 33.4 Å². The summed E-state index contributed by atoms with van der Waals surface area (Å²) in [7, 11) is 0. The summed E-state index contributed by atoms with van der Waals surface area (Å²) in [5, 5.41) is 19.2. The van der Waals surface area contributed by atoms with Gasteiger partial charge in [0.05, 0.1) is 4.92 Å². The summed E-state index contributed by atoms with van der Waals surface area (Å²) in [5.74, 6) is -0.361. The Morgan fingerprint density at radius 3 is 2.62 bits per heavy atom. The van der Waals surface area contributed by atoms with Gasteiger partial charge in [-0.25, -0.2) is 0 Å². The zero-order valence-electron chi connectivity index (χ0n) is 8.11. The molecule has 0 fully saturated rings. The molecule has 0 bridgehead atoms. The molecule has 0 aliphatic heterocycles. The van der Waals surface area contributed by atoms with Crippen molar-refractivity contribution in [2.75, 3.05) is 0 Å². The predicted molar refractivity (Wildman–Crippen MR) is 49.2 cm³/mol. The minimum atomic E-state index is -3.08. The van der Waals surface area contributed by atoms with Crippen molar-refractivity contribution in [3.63, 3.8) is 0 Å². The predicted octanol–water partition coefficient (Wildman–Crippen LogP) is 2.38. The van der Waals surface area contributed by atoms with Crippen LogP contribution in [0.4, 0.5) is 14.5 Å². The zero-order chi connectivity index (χ0) is 12.3. The van der Waals surface area contributed by atoms with Crippen molar-refractivity contribution in [2.45, 2.75) is 13.5 Å². The van der Waals surface area contributed by atoms with Crippen LogP contribution in [0.25, 0.3) is 0 Å². The highest BCUT2D eigenvalue weighted by Crippen LogP contribution is 2.28. The summed E-state index contributed by atoms with van der Waals surface area (Å²) < 4.78 is 28.0. The third kappa shape index (κ3) is 2.42. The molecule has 0 N–H and O–H groups in total. The van der Waals surface area contributed by atoms with Gasteiger partial charge in [0.2, 0.25) is 0 Å². The number of aryl methyl sites for hydroxylation is 1. The molecular formula is C9H6F2N2O3. The van der Waals surface area contributed by atoms with Crippen molar-refractivity contribution in [1.82, 2.24) is 0 Å². The van der Waals surface area contributed by atoms with E-state index < -0.39 is 11.5 Å². The fraction of sp³-hybridized carbons (Fsp3) is 0.222. The number of nitro groups is 1. The molecule has 0 spiro atoms. The third-order valence-electron chi connectivity index (χ3n) is 1.83. The topological polar surface area (TPSA) is 76.2 Å². The summed E-state index contributed by atoms with van der Waals surface area (Å²) in [6.45, 7) is -1.70. The van der Waals surface area contributed by atoms with Crippen LogP contribution in [-0.4, -0.2) is 11.5 Å². The summed E-state index contributed by atoms with van der Waals surface area (Å²) in [6.07, 6.45) is 0. The van der Waals surface area contributed by atoms with Gasteiger partial charge in [-0.15, -0.1) is 0 Å². The molecule has 0 unspecified atom stereocenters. The van der Waals surface area contributed by atoms with Crippen LogP contribution in [0.15, 0.2) is 12.1 Å². The van der Waals surface area contributed by atoms with E-state index in [9.17, 15) is 18.9 Å². The molecule has 1 aromatic carbocycles. The zero-order valence-corrected chi connectivity index (χ0v) is 8.11. The standard InChI is InChI=1S/C9H6F2N2O3/c1-5-2-8(16-9(10)11)6(4-12)3-7(5)13(14)15/h2-3,9H,1H3. The van der Waals surface area contributed by atoms with Crippen molar-refractivity contribution in [2.24, 2.45) is 0 Å². The molecule has 1 aromatic rings. The van der Waals surface area contributed by atoms with E-state index in [2.05, 4.69) is 4.74 Å². The summed E-state index contributed by atoms with van der Waals surface area (Å²) in [5.41, 5.74) is -0.449. The maximum absolute atomic E-state index is 12.0. The number of benzene rings is 1. The molecule has 0 amide bonds. The van der Waals surface area contributed by atoms with E-state index in [1.807, 2.05) is 0 Å². The lowest BCUT2D eigenvalue weighted by Gasteiger charge is -2.07. The maximum atomic E-state index is 12.0. The van der Waals surface area contributed by atoms with E-state index in [-0.39, 0.29) is 22.6 Å². The monoisotopic (exact) mass is 228 g/mol. The minimum absolute atomic E-state index is 0.152. The number of alkyl halides is 2. The minimum Gasteiger partial charge on any atom is -0.433 e. The Bertz CT molecular complexity index is 469. The quantitative estimate of drug-likeness (QED) is 0.587. The van der Waals surface area contributed by atoms with Gasteiger partial charge in [-0.3, -0.25) is 10.1 Å². The first kappa shape index (κ1) is 11.8. The van der Waals surface area contributed by atoms with E-state index in [0.29, 0.717) is 0 Å². The first-order chi connectivity index (χ1) is 7.45. The molecule has 0 saturated heterocycles. The van der Waals surface area contributed by atoms with Crippen LogP contribution in [0.3, 0.4) is 0 Å². The highest BCUT2D eigenvalue weighted by molar-refractivity contribution is 5.54. The Hall–Kier alpha value is -2.23. The lowest BCUT2D eigenvalue weighted by molar-refractivity contribution is -0.385. The number of nitriles is 1. The van der Waals surface area contributed by atoms with Crippen molar-refractivity contribution in [3.8, 4) is 11.8 Å². The van der Waals surface area contributed by atoms with E-state index >= 15 is 0 Å². The number of ether oxygens (including phenoxy) is 1. The van der Waals surface area contributed by atoms with Crippen LogP contribution < -0.4 is 4.74 Å². The summed E-state index contributed by atoms with van der Waals surface area (Å²) >= 11 is 0. The first-order valence-electron chi connectivity index (χ1n) is 4.09. The van der Waals surface area contributed by atoms with Gasteiger partial charge in [-0.1, -0.05) is 0 Å². The molecule has 7 heteroatoms. The van der Waals surface area contributed by atoms with Gasteiger partial charge in [-0.05, 0) is 13.0 Å². The van der Waals surface area contributed by atoms with Crippen LogP contribution in [0.5, 0.6) is 5.75 Å². The van der Waals surface area contributed by atoms with E-state index in [0.717, 1.165) is 12.1 Å². The number of hydrogen-bond donors (Lipinski definition) is 0. The molecule has 1 rings (SSSR count). The third-order valence-corrected chi connectivity index (χ3v) is 1.83. The Balaban J connectivity index is 3.28. The van der Waals surface area contributed by atoms with Gasteiger partial charge < -0.3 is 4.74 Å². The fourth-order valence-corrected chi connectivity index (χ4v) is 1.15. The van der Waals surface area contributed by atoms with E-state index in [4.69, 9.17) is 5.26 Å². The van der Waals surface area contributed by atoms with Gasteiger partial charge in [0.1, 0.15) is 17.4 Å². The lowest BCUT2D eigenvalue weighted by atomic mass is 10.1.